The molecule has 2 aromatic rings. The SMILES string of the molecule is CCOc1ccc(NC(=O)N(CCN)c2ccc(F)cc2)cc1. The minimum atomic E-state index is -0.353. The predicted octanol–water partition coefficient (Wildman–Crippen LogP) is 3.22. The summed E-state index contributed by atoms with van der Waals surface area (Å²) in [5.74, 6) is 0.385. The average molecular weight is 317 g/mol. The highest BCUT2D eigenvalue weighted by Crippen LogP contribution is 2.19. The monoisotopic (exact) mass is 317 g/mol. The summed E-state index contributed by atoms with van der Waals surface area (Å²) in [5.41, 5.74) is 6.79. The van der Waals surface area contributed by atoms with Crippen LogP contribution in [0.5, 0.6) is 5.75 Å². The zero-order chi connectivity index (χ0) is 16.7. The van der Waals surface area contributed by atoms with Crippen LogP contribution >= 0.6 is 0 Å². The number of carbonyl (C=O) groups is 1. The summed E-state index contributed by atoms with van der Waals surface area (Å²) in [6, 6.07) is 12.5. The van der Waals surface area contributed by atoms with Gasteiger partial charge in [0.25, 0.3) is 0 Å². The van der Waals surface area contributed by atoms with Crippen LogP contribution in [-0.4, -0.2) is 25.7 Å². The number of amides is 2. The molecular weight excluding hydrogens is 297 g/mol. The van der Waals surface area contributed by atoms with Crippen molar-refractivity contribution in [2.24, 2.45) is 5.73 Å². The number of rotatable bonds is 6. The molecule has 2 rings (SSSR count). The van der Waals surface area contributed by atoms with Crippen molar-refractivity contribution in [3.8, 4) is 5.75 Å². The van der Waals surface area contributed by atoms with E-state index in [9.17, 15) is 9.18 Å². The molecule has 0 aliphatic heterocycles. The van der Waals surface area contributed by atoms with Crippen LogP contribution < -0.4 is 20.7 Å². The predicted molar refractivity (Wildman–Crippen MR) is 89.4 cm³/mol. The number of nitrogens with zero attached hydrogens (tertiary/aromatic N) is 1. The Bertz CT molecular complexity index is 629. The Hall–Kier alpha value is -2.60. The molecule has 0 bridgehead atoms. The van der Waals surface area contributed by atoms with Crippen LogP contribution in [0.2, 0.25) is 0 Å². The van der Waals surface area contributed by atoms with Crippen molar-refractivity contribution in [1.82, 2.24) is 0 Å². The fraction of sp³-hybridized carbons (Fsp3) is 0.235. The number of carbonyl (C=O) groups excluding carboxylic acids is 1. The van der Waals surface area contributed by atoms with Gasteiger partial charge >= 0.3 is 6.03 Å². The quantitative estimate of drug-likeness (QED) is 0.859. The minimum absolute atomic E-state index is 0.300. The molecule has 0 fully saturated rings. The fourth-order valence-corrected chi connectivity index (χ4v) is 2.09. The lowest BCUT2D eigenvalue weighted by atomic mass is 10.2. The first kappa shape index (κ1) is 16.8. The summed E-state index contributed by atoms with van der Waals surface area (Å²) in [6.07, 6.45) is 0. The van der Waals surface area contributed by atoms with Crippen molar-refractivity contribution in [3.63, 3.8) is 0 Å². The average Bonchev–Trinajstić information content (AvgIpc) is 2.55. The Morgan fingerprint density at radius 1 is 1.17 bits per heavy atom. The molecule has 2 aromatic carbocycles. The number of hydrogen-bond acceptors (Lipinski definition) is 3. The number of hydrogen-bond donors (Lipinski definition) is 2. The van der Waals surface area contributed by atoms with Crippen LogP contribution in [-0.2, 0) is 0 Å². The van der Waals surface area contributed by atoms with Gasteiger partial charge in [-0.1, -0.05) is 0 Å². The third kappa shape index (κ3) is 4.69. The molecule has 2 amide bonds. The molecule has 122 valence electrons. The number of halogens is 1. The van der Waals surface area contributed by atoms with Crippen LogP contribution in [0.25, 0.3) is 0 Å². The summed E-state index contributed by atoms with van der Waals surface area (Å²) in [5, 5.41) is 2.79. The van der Waals surface area contributed by atoms with Gasteiger partial charge in [-0.15, -0.1) is 0 Å². The Morgan fingerprint density at radius 3 is 2.39 bits per heavy atom. The van der Waals surface area contributed by atoms with Gasteiger partial charge in [0.05, 0.1) is 6.61 Å². The molecule has 0 aliphatic carbocycles. The summed E-state index contributed by atoms with van der Waals surface area (Å²) in [4.78, 5) is 13.9. The molecular formula is C17H20FN3O2. The maximum Gasteiger partial charge on any atom is 0.326 e. The normalized spacial score (nSPS) is 10.2. The molecule has 0 unspecified atom stereocenters. The van der Waals surface area contributed by atoms with Gasteiger partial charge in [-0.05, 0) is 55.5 Å². The van der Waals surface area contributed by atoms with E-state index < -0.39 is 0 Å². The zero-order valence-electron chi connectivity index (χ0n) is 13.0. The topological polar surface area (TPSA) is 67.6 Å². The van der Waals surface area contributed by atoms with Crippen LogP contribution in [0.3, 0.4) is 0 Å². The Kier molecular flexibility index (Phi) is 5.94. The van der Waals surface area contributed by atoms with E-state index in [0.717, 1.165) is 5.75 Å². The van der Waals surface area contributed by atoms with Gasteiger partial charge in [0.1, 0.15) is 11.6 Å². The van der Waals surface area contributed by atoms with Crippen molar-refractivity contribution in [2.45, 2.75) is 6.92 Å². The Morgan fingerprint density at radius 2 is 1.83 bits per heavy atom. The minimum Gasteiger partial charge on any atom is -0.494 e. The van der Waals surface area contributed by atoms with Crippen molar-refractivity contribution in [2.75, 3.05) is 29.9 Å². The van der Waals surface area contributed by atoms with E-state index in [0.29, 0.717) is 31.1 Å². The van der Waals surface area contributed by atoms with Crippen LogP contribution in [0.4, 0.5) is 20.6 Å². The van der Waals surface area contributed by atoms with Gasteiger partial charge < -0.3 is 15.8 Å². The summed E-state index contributed by atoms with van der Waals surface area (Å²) >= 11 is 0. The second-order valence-corrected chi connectivity index (χ2v) is 4.80. The smallest absolute Gasteiger partial charge is 0.326 e. The van der Waals surface area contributed by atoms with Crippen molar-refractivity contribution in [3.05, 3.63) is 54.3 Å². The molecule has 3 N–H and O–H groups in total. The van der Waals surface area contributed by atoms with E-state index in [4.69, 9.17) is 10.5 Å². The molecule has 0 atom stereocenters. The van der Waals surface area contributed by atoms with E-state index in [2.05, 4.69) is 5.32 Å². The first-order chi connectivity index (χ1) is 11.1. The molecule has 0 saturated heterocycles. The highest BCUT2D eigenvalue weighted by atomic mass is 19.1. The molecule has 0 radical (unpaired) electrons. The highest BCUT2D eigenvalue weighted by Gasteiger charge is 2.15. The van der Waals surface area contributed by atoms with E-state index in [1.165, 1.54) is 17.0 Å². The largest absolute Gasteiger partial charge is 0.494 e. The van der Waals surface area contributed by atoms with Gasteiger partial charge in [0, 0.05) is 24.5 Å². The van der Waals surface area contributed by atoms with E-state index in [1.807, 2.05) is 6.92 Å². The third-order valence-corrected chi connectivity index (χ3v) is 3.15. The number of benzene rings is 2. The standard InChI is InChI=1S/C17H20FN3O2/c1-2-23-16-9-5-14(6-10-16)20-17(22)21(12-11-19)15-7-3-13(18)4-8-15/h3-10H,2,11-12,19H2,1H3,(H,20,22). The summed E-state index contributed by atoms with van der Waals surface area (Å²) in [7, 11) is 0. The maximum absolute atomic E-state index is 13.0. The zero-order valence-corrected chi connectivity index (χ0v) is 13.0. The van der Waals surface area contributed by atoms with Crippen LogP contribution in [0.1, 0.15) is 6.92 Å². The lowest BCUT2D eigenvalue weighted by Crippen LogP contribution is -2.38. The molecule has 0 aromatic heterocycles. The van der Waals surface area contributed by atoms with Gasteiger partial charge in [-0.25, -0.2) is 9.18 Å². The second-order valence-electron chi connectivity index (χ2n) is 4.80. The first-order valence-corrected chi connectivity index (χ1v) is 7.41. The van der Waals surface area contributed by atoms with Gasteiger partial charge in [-0.3, -0.25) is 4.90 Å². The molecule has 0 heterocycles. The number of anilines is 2. The second kappa shape index (κ2) is 8.14. The number of nitrogens with two attached hydrogens (primary N) is 1. The number of urea groups is 1. The number of nitrogens with one attached hydrogen (secondary N) is 1. The third-order valence-electron chi connectivity index (χ3n) is 3.15. The van der Waals surface area contributed by atoms with Crippen LogP contribution in [0.15, 0.2) is 48.5 Å². The molecule has 5 nitrogen and oxygen atoms in total. The van der Waals surface area contributed by atoms with Crippen LogP contribution in [0, 0.1) is 5.82 Å². The molecule has 0 aliphatic rings. The van der Waals surface area contributed by atoms with E-state index in [-0.39, 0.29) is 11.8 Å². The van der Waals surface area contributed by atoms with Crippen molar-refractivity contribution >= 4 is 17.4 Å². The summed E-state index contributed by atoms with van der Waals surface area (Å²) < 4.78 is 18.4. The van der Waals surface area contributed by atoms with E-state index in [1.54, 1.807) is 36.4 Å². The van der Waals surface area contributed by atoms with E-state index >= 15 is 0 Å². The number of ether oxygens (including phenoxy) is 1. The Balaban J connectivity index is 2.10. The molecule has 23 heavy (non-hydrogen) atoms. The molecule has 0 saturated carbocycles. The fourth-order valence-electron chi connectivity index (χ4n) is 2.09. The maximum atomic E-state index is 13.0. The lowest BCUT2D eigenvalue weighted by molar-refractivity contribution is 0.257. The molecule has 6 heteroatoms. The van der Waals surface area contributed by atoms with Gasteiger partial charge in [-0.2, -0.15) is 0 Å². The van der Waals surface area contributed by atoms with Gasteiger partial charge in [0.2, 0.25) is 0 Å². The summed E-state index contributed by atoms with van der Waals surface area (Å²) in [6.45, 7) is 3.12. The van der Waals surface area contributed by atoms with Crippen molar-refractivity contribution < 1.29 is 13.9 Å². The Labute approximate surface area is 134 Å². The highest BCUT2D eigenvalue weighted by molar-refractivity contribution is 6.01. The van der Waals surface area contributed by atoms with Gasteiger partial charge in [0.15, 0.2) is 0 Å². The lowest BCUT2D eigenvalue weighted by Gasteiger charge is -2.22. The van der Waals surface area contributed by atoms with Crippen molar-refractivity contribution in [1.29, 1.82) is 0 Å². The first-order valence-electron chi connectivity index (χ1n) is 7.41. The molecule has 0 spiro atoms.